The minimum atomic E-state index is 0.0635. The highest BCUT2D eigenvalue weighted by molar-refractivity contribution is 5.99. The lowest BCUT2D eigenvalue weighted by Crippen LogP contribution is -2.37. The van der Waals surface area contributed by atoms with Crippen LogP contribution in [0.1, 0.15) is 54.4 Å². The van der Waals surface area contributed by atoms with E-state index in [4.69, 9.17) is 5.84 Å². The molecule has 0 aliphatic heterocycles. The van der Waals surface area contributed by atoms with E-state index < -0.39 is 0 Å². The third-order valence-corrected chi connectivity index (χ3v) is 4.25. The molecule has 0 spiro atoms. The average molecular weight is 275 g/mol. The molecule has 1 saturated carbocycles. The number of hydrogen-bond donors (Lipinski definition) is 2. The van der Waals surface area contributed by atoms with Gasteiger partial charge >= 0.3 is 0 Å². The number of benzene rings is 1. The van der Waals surface area contributed by atoms with Crippen LogP contribution < -0.4 is 11.3 Å². The molecule has 0 saturated heterocycles. The number of aryl methyl sites for hydroxylation is 1. The molecule has 3 N–H and O–H groups in total. The average Bonchev–Trinajstić information content (AvgIpc) is 2.74. The molecule has 0 unspecified atom stereocenters. The number of nitrogens with zero attached hydrogens (tertiary/aromatic N) is 1. The first-order valence-corrected chi connectivity index (χ1v) is 7.48. The lowest BCUT2D eigenvalue weighted by Gasteiger charge is -2.28. The molecule has 2 rings (SSSR count). The number of nitrogens with one attached hydrogen (secondary N) is 1. The SMILES string of the molecule is Cc1ccc(NN)c(C(=O)N(C)C2CCCCCC2)c1. The van der Waals surface area contributed by atoms with Crippen LogP contribution in [0.3, 0.4) is 0 Å². The molecule has 110 valence electrons. The standard InChI is InChI=1S/C16H25N3O/c1-12-9-10-15(18-17)14(11-12)16(20)19(2)13-7-5-3-4-6-8-13/h9-11,13,18H,3-8,17H2,1-2H3. The lowest BCUT2D eigenvalue weighted by molar-refractivity contribution is 0.0718. The molecule has 4 nitrogen and oxygen atoms in total. The number of carbonyl (C=O) groups is 1. The van der Waals surface area contributed by atoms with Crippen molar-refractivity contribution in [1.29, 1.82) is 0 Å². The molecule has 1 aliphatic carbocycles. The second-order valence-electron chi connectivity index (χ2n) is 5.75. The third-order valence-electron chi connectivity index (χ3n) is 4.25. The quantitative estimate of drug-likeness (QED) is 0.506. The van der Waals surface area contributed by atoms with Gasteiger partial charge in [0, 0.05) is 13.1 Å². The maximum absolute atomic E-state index is 12.7. The smallest absolute Gasteiger partial charge is 0.256 e. The monoisotopic (exact) mass is 275 g/mol. The molecule has 0 heterocycles. The van der Waals surface area contributed by atoms with Crippen LogP contribution >= 0.6 is 0 Å². The van der Waals surface area contributed by atoms with Crippen molar-refractivity contribution in [3.63, 3.8) is 0 Å². The number of hydrazine groups is 1. The molecular formula is C16H25N3O. The number of rotatable bonds is 3. The fraction of sp³-hybridized carbons (Fsp3) is 0.562. The van der Waals surface area contributed by atoms with Gasteiger partial charge in [-0.05, 0) is 31.9 Å². The predicted octanol–water partition coefficient (Wildman–Crippen LogP) is 3.08. The van der Waals surface area contributed by atoms with Crippen molar-refractivity contribution >= 4 is 11.6 Å². The normalized spacial score (nSPS) is 16.6. The van der Waals surface area contributed by atoms with E-state index in [1.54, 1.807) is 0 Å². The summed E-state index contributed by atoms with van der Waals surface area (Å²) in [5, 5.41) is 0. The molecule has 0 bridgehead atoms. The molecular weight excluding hydrogens is 250 g/mol. The summed E-state index contributed by atoms with van der Waals surface area (Å²) in [5.41, 5.74) is 5.06. The van der Waals surface area contributed by atoms with Crippen LogP contribution in [0, 0.1) is 6.92 Å². The molecule has 1 aromatic rings. The van der Waals surface area contributed by atoms with E-state index in [1.165, 1.54) is 25.7 Å². The Kier molecular flexibility index (Phi) is 5.01. The molecule has 0 radical (unpaired) electrons. The molecule has 20 heavy (non-hydrogen) atoms. The van der Waals surface area contributed by atoms with Gasteiger partial charge in [-0.3, -0.25) is 10.6 Å². The van der Waals surface area contributed by atoms with Crippen molar-refractivity contribution in [2.24, 2.45) is 5.84 Å². The largest absolute Gasteiger partial charge is 0.339 e. The minimum Gasteiger partial charge on any atom is -0.339 e. The molecule has 1 aliphatic rings. The van der Waals surface area contributed by atoms with Crippen molar-refractivity contribution in [1.82, 2.24) is 4.90 Å². The van der Waals surface area contributed by atoms with Gasteiger partial charge in [0.1, 0.15) is 0 Å². The number of nitrogens with two attached hydrogens (primary N) is 1. The molecule has 0 aromatic heterocycles. The van der Waals surface area contributed by atoms with Crippen molar-refractivity contribution in [2.75, 3.05) is 12.5 Å². The van der Waals surface area contributed by atoms with Crippen LogP contribution in [0.15, 0.2) is 18.2 Å². The number of anilines is 1. The van der Waals surface area contributed by atoms with E-state index >= 15 is 0 Å². The molecule has 1 amide bonds. The number of carbonyl (C=O) groups excluding carboxylic acids is 1. The summed E-state index contributed by atoms with van der Waals surface area (Å²) in [6.07, 6.45) is 7.24. The summed E-state index contributed by atoms with van der Waals surface area (Å²) in [4.78, 5) is 14.6. The first kappa shape index (κ1) is 14.9. The Morgan fingerprint density at radius 2 is 1.90 bits per heavy atom. The Labute approximate surface area is 121 Å². The highest BCUT2D eigenvalue weighted by Crippen LogP contribution is 2.24. The van der Waals surface area contributed by atoms with Gasteiger partial charge in [0.15, 0.2) is 0 Å². The summed E-state index contributed by atoms with van der Waals surface area (Å²) < 4.78 is 0. The Balaban J connectivity index is 2.19. The third kappa shape index (κ3) is 3.31. The Morgan fingerprint density at radius 3 is 2.50 bits per heavy atom. The second kappa shape index (κ2) is 6.75. The second-order valence-corrected chi connectivity index (χ2v) is 5.75. The summed E-state index contributed by atoms with van der Waals surface area (Å²) in [6.45, 7) is 1.99. The Morgan fingerprint density at radius 1 is 1.25 bits per heavy atom. The van der Waals surface area contributed by atoms with Gasteiger partial charge in [0.05, 0.1) is 11.3 Å². The van der Waals surface area contributed by atoms with Crippen LogP contribution in [0.5, 0.6) is 0 Å². The van der Waals surface area contributed by atoms with Crippen LogP contribution in [-0.2, 0) is 0 Å². The van der Waals surface area contributed by atoms with Crippen LogP contribution in [0.2, 0.25) is 0 Å². The highest BCUT2D eigenvalue weighted by Gasteiger charge is 2.23. The zero-order valence-corrected chi connectivity index (χ0v) is 12.5. The van der Waals surface area contributed by atoms with Crippen molar-refractivity contribution in [3.05, 3.63) is 29.3 Å². The highest BCUT2D eigenvalue weighted by atomic mass is 16.2. The van der Waals surface area contributed by atoms with Crippen LogP contribution in [-0.4, -0.2) is 23.9 Å². The lowest BCUT2D eigenvalue weighted by atomic mass is 10.0. The van der Waals surface area contributed by atoms with Gasteiger partial charge in [-0.25, -0.2) is 0 Å². The van der Waals surface area contributed by atoms with E-state index in [9.17, 15) is 4.79 Å². The topological polar surface area (TPSA) is 58.4 Å². The molecule has 0 atom stereocenters. The van der Waals surface area contributed by atoms with Gasteiger partial charge in [0.2, 0.25) is 0 Å². The summed E-state index contributed by atoms with van der Waals surface area (Å²) >= 11 is 0. The molecule has 1 aromatic carbocycles. The zero-order chi connectivity index (χ0) is 14.5. The first-order chi connectivity index (χ1) is 9.63. The van der Waals surface area contributed by atoms with E-state index in [1.807, 2.05) is 37.1 Å². The summed E-state index contributed by atoms with van der Waals surface area (Å²) in [7, 11) is 1.92. The number of nitrogen functional groups attached to an aromatic ring is 1. The number of amides is 1. The molecule has 4 heteroatoms. The van der Waals surface area contributed by atoms with E-state index in [2.05, 4.69) is 5.43 Å². The minimum absolute atomic E-state index is 0.0635. The Hall–Kier alpha value is -1.55. The van der Waals surface area contributed by atoms with Gasteiger partial charge in [0.25, 0.3) is 5.91 Å². The molecule has 1 fully saturated rings. The van der Waals surface area contributed by atoms with Gasteiger partial charge in [-0.15, -0.1) is 0 Å². The van der Waals surface area contributed by atoms with Crippen molar-refractivity contribution < 1.29 is 4.79 Å². The fourth-order valence-corrected chi connectivity index (χ4v) is 2.96. The van der Waals surface area contributed by atoms with Crippen LogP contribution in [0.25, 0.3) is 0 Å². The maximum atomic E-state index is 12.7. The maximum Gasteiger partial charge on any atom is 0.256 e. The summed E-state index contributed by atoms with van der Waals surface area (Å²) in [6, 6.07) is 6.09. The summed E-state index contributed by atoms with van der Waals surface area (Å²) in [5.74, 6) is 5.58. The van der Waals surface area contributed by atoms with Crippen molar-refractivity contribution in [3.8, 4) is 0 Å². The van der Waals surface area contributed by atoms with Crippen molar-refractivity contribution in [2.45, 2.75) is 51.5 Å². The number of hydrogen-bond acceptors (Lipinski definition) is 3. The van der Waals surface area contributed by atoms with Gasteiger partial charge < -0.3 is 10.3 Å². The van der Waals surface area contributed by atoms with Gasteiger partial charge in [-0.1, -0.05) is 37.3 Å². The van der Waals surface area contributed by atoms with Crippen LogP contribution in [0.4, 0.5) is 5.69 Å². The van der Waals surface area contributed by atoms with E-state index in [0.717, 1.165) is 18.4 Å². The zero-order valence-electron chi connectivity index (χ0n) is 12.5. The Bertz CT molecular complexity index is 465. The van der Waals surface area contributed by atoms with E-state index in [-0.39, 0.29) is 5.91 Å². The van der Waals surface area contributed by atoms with Gasteiger partial charge in [-0.2, -0.15) is 0 Å². The first-order valence-electron chi connectivity index (χ1n) is 7.48. The predicted molar refractivity (Wildman–Crippen MR) is 82.6 cm³/mol. The van der Waals surface area contributed by atoms with E-state index in [0.29, 0.717) is 17.3 Å². The fourth-order valence-electron chi connectivity index (χ4n) is 2.96.